The Labute approximate surface area is 73.0 Å². The zero-order valence-corrected chi connectivity index (χ0v) is 7.16. The van der Waals surface area contributed by atoms with Crippen LogP contribution >= 0.6 is 0 Å². The van der Waals surface area contributed by atoms with Crippen molar-refractivity contribution in [1.29, 1.82) is 0 Å². The van der Waals surface area contributed by atoms with E-state index in [1.807, 2.05) is 43.3 Å². The van der Waals surface area contributed by atoms with E-state index in [1.165, 1.54) is 0 Å². The summed E-state index contributed by atoms with van der Waals surface area (Å²) < 4.78 is 5.44. The van der Waals surface area contributed by atoms with Crippen LogP contribution in [0.15, 0.2) is 54.8 Å². The Morgan fingerprint density at radius 1 is 1.33 bits per heavy atom. The van der Waals surface area contributed by atoms with E-state index < -0.39 is 0 Å². The molecule has 0 heterocycles. The number of rotatable bonds is 3. The average Bonchev–Trinajstić information content (AvgIpc) is 2.06. The molecule has 1 heteroatoms. The first-order valence-electron chi connectivity index (χ1n) is 3.85. The zero-order valence-electron chi connectivity index (χ0n) is 7.16. The fourth-order valence-electron chi connectivity index (χ4n) is 0.874. The Bertz CT molecular complexity index is 272. The number of benzene rings is 1. The SMILES string of the molecule is C=CC=C(C)Oc1ccccc1. The fraction of sp³-hybridized carbons (Fsp3) is 0.0909. The summed E-state index contributed by atoms with van der Waals surface area (Å²) in [6, 6.07) is 9.67. The molecule has 0 aliphatic rings. The number of allylic oxidation sites excluding steroid dienone is 3. The van der Waals surface area contributed by atoms with Crippen LogP contribution in [0.3, 0.4) is 0 Å². The van der Waals surface area contributed by atoms with Gasteiger partial charge in [-0.25, -0.2) is 0 Å². The van der Waals surface area contributed by atoms with Gasteiger partial charge in [0.2, 0.25) is 0 Å². The molecule has 1 nitrogen and oxygen atoms in total. The highest BCUT2D eigenvalue weighted by atomic mass is 16.5. The molecule has 0 aliphatic carbocycles. The molecular formula is C11H12O. The molecule has 0 saturated heterocycles. The van der Waals surface area contributed by atoms with Gasteiger partial charge in [-0.2, -0.15) is 0 Å². The summed E-state index contributed by atoms with van der Waals surface area (Å²) in [5.41, 5.74) is 0. The van der Waals surface area contributed by atoms with Gasteiger partial charge in [-0.05, 0) is 25.1 Å². The molecule has 0 fully saturated rings. The van der Waals surface area contributed by atoms with Crippen LogP contribution in [0.25, 0.3) is 0 Å². The van der Waals surface area contributed by atoms with Crippen molar-refractivity contribution in [2.75, 3.05) is 0 Å². The molecule has 0 radical (unpaired) electrons. The first-order chi connectivity index (χ1) is 5.83. The lowest BCUT2D eigenvalue weighted by Crippen LogP contribution is -1.88. The van der Waals surface area contributed by atoms with Gasteiger partial charge in [0.05, 0.1) is 0 Å². The number of ether oxygens (including phenoxy) is 1. The molecule has 0 bridgehead atoms. The van der Waals surface area contributed by atoms with Crippen molar-refractivity contribution >= 4 is 0 Å². The minimum Gasteiger partial charge on any atom is -0.462 e. The summed E-state index contributed by atoms with van der Waals surface area (Å²) in [5.74, 6) is 1.70. The van der Waals surface area contributed by atoms with Crippen LogP contribution in [0.4, 0.5) is 0 Å². The standard InChI is InChI=1S/C11H12O/c1-3-7-10(2)12-11-8-5-4-6-9-11/h3-9H,1H2,2H3. The lowest BCUT2D eigenvalue weighted by molar-refractivity contribution is 0.428. The van der Waals surface area contributed by atoms with E-state index in [4.69, 9.17) is 4.74 Å². The van der Waals surface area contributed by atoms with Gasteiger partial charge in [-0.3, -0.25) is 0 Å². The molecule has 0 atom stereocenters. The Morgan fingerprint density at radius 3 is 2.58 bits per heavy atom. The molecule has 12 heavy (non-hydrogen) atoms. The van der Waals surface area contributed by atoms with E-state index >= 15 is 0 Å². The number of hydrogen-bond donors (Lipinski definition) is 0. The molecule has 0 spiro atoms. The predicted octanol–water partition coefficient (Wildman–Crippen LogP) is 3.16. The van der Waals surface area contributed by atoms with E-state index in [1.54, 1.807) is 6.08 Å². The lowest BCUT2D eigenvalue weighted by atomic mass is 10.3. The first-order valence-corrected chi connectivity index (χ1v) is 3.85. The van der Waals surface area contributed by atoms with Crippen LogP contribution in [0.5, 0.6) is 5.75 Å². The topological polar surface area (TPSA) is 9.23 Å². The third kappa shape index (κ3) is 2.62. The van der Waals surface area contributed by atoms with Crippen LogP contribution in [0, 0.1) is 0 Å². The molecule has 1 aromatic rings. The second-order valence-corrected chi connectivity index (χ2v) is 2.43. The minimum atomic E-state index is 0.844. The highest BCUT2D eigenvalue weighted by Gasteiger charge is 1.90. The third-order valence-corrected chi connectivity index (χ3v) is 1.37. The monoisotopic (exact) mass is 160 g/mol. The average molecular weight is 160 g/mol. The quantitative estimate of drug-likeness (QED) is 0.487. The van der Waals surface area contributed by atoms with Gasteiger partial charge in [-0.15, -0.1) is 0 Å². The van der Waals surface area contributed by atoms with E-state index in [0.717, 1.165) is 11.5 Å². The summed E-state index contributed by atoms with van der Waals surface area (Å²) in [6.07, 6.45) is 3.53. The maximum absolute atomic E-state index is 5.44. The normalized spacial score (nSPS) is 10.9. The minimum absolute atomic E-state index is 0.844. The van der Waals surface area contributed by atoms with Crippen LogP contribution in [-0.2, 0) is 0 Å². The van der Waals surface area contributed by atoms with Gasteiger partial charge in [0.1, 0.15) is 11.5 Å². The summed E-state index contributed by atoms with van der Waals surface area (Å²) in [4.78, 5) is 0. The van der Waals surface area contributed by atoms with Crippen LogP contribution in [-0.4, -0.2) is 0 Å². The maximum atomic E-state index is 5.44. The van der Waals surface area contributed by atoms with Crippen LogP contribution < -0.4 is 4.74 Å². The molecular weight excluding hydrogens is 148 g/mol. The highest BCUT2D eigenvalue weighted by molar-refractivity contribution is 5.23. The predicted molar refractivity (Wildman–Crippen MR) is 51.0 cm³/mol. The van der Waals surface area contributed by atoms with Crippen molar-refractivity contribution in [3.05, 3.63) is 54.8 Å². The number of hydrogen-bond acceptors (Lipinski definition) is 1. The van der Waals surface area contributed by atoms with Crippen molar-refractivity contribution in [1.82, 2.24) is 0 Å². The molecule has 1 aromatic carbocycles. The van der Waals surface area contributed by atoms with Gasteiger partial charge in [-0.1, -0.05) is 30.9 Å². The Balaban J connectivity index is 2.64. The van der Waals surface area contributed by atoms with Crippen LogP contribution in [0.2, 0.25) is 0 Å². The lowest BCUT2D eigenvalue weighted by Gasteiger charge is -2.03. The van der Waals surface area contributed by atoms with Gasteiger partial charge < -0.3 is 4.74 Å². The highest BCUT2D eigenvalue weighted by Crippen LogP contribution is 2.11. The van der Waals surface area contributed by atoms with Crippen molar-refractivity contribution in [3.8, 4) is 5.75 Å². The van der Waals surface area contributed by atoms with Gasteiger partial charge >= 0.3 is 0 Å². The van der Waals surface area contributed by atoms with Crippen molar-refractivity contribution in [3.63, 3.8) is 0 Å². The molecule has 0 aromatic heterocycles. The molecule has 0 unspecified atom stereocenters. The molecule has 62 valence electrons. The van der Waals surface area contributed by atoms with Gasteiger partial charge in [0, 0.05) is 0 Å². The largest absolute Gasteiger partial charge is 0.462 e. The zero-order chi connectivity index (χ0) is 8.81. The Kier molecular flexibility index (Phi) is 3.15. The van der Waals surface area contributed by atoms with Crippen LogP contribution in [0.1, 0.15) is 6.92 Å². The fourth-order valence-corrected chi connectivity index (χ4v) is 0.874. The van der Waals surface area contributed by atoms with E-state index in [9.17, 15) is 0 Å². The summed E-state index contributed by atoms with van der Waals surface area (Å²) in [6.45, 7) is 5.48. The van der Waals surface area contributed by atoms with Gasteiger partial charge in [0.15, 0.2) is 0 Å². The summed E-state index contributed by atoms with van der Waals surface area (Å²) in [5, 5.41) is 0. The summed E-state index contributed by atoms with van der Waals surface area (Å²) >= 11 is 0. The van der Waals surface area contributed by atoms with E-state index in [-0.39, 0.29) is 0 Å². The summed E-state index contributed by atoms with van der Waals surface area (Å²) in [7, 11) is 0. The Morgan fingerprint density at radius 2 is 2.00 bits per heavy atom. The molecule has 0 N–H and O–H groups in total. The Hall–Kier alpha value is -1.50. The molecule has 1 rings (SSSR count). The molecule has 0 saturated carbocycles. The second kappa shape index (κ2) is 4.39. The third-order valence-electron chi connectivity index (χ3n) is 1.37. The smallest absolute Gasteiger partial charge is 0.126 e. The molecule has 0 amide bonds. The maximum Gasteiger partial charge on any atom is 0.126 e. The first kappa shape index (κ1) is 8.60. The van der Waals surface area contributed by atoms with Crippen molar-refractivity contribution in [2.24, 2.45) is 0 Å². The van der Waals surface area contributed by atoms with E-state index in [0.29, 0.717) is 0 Å². The van der Waals surface area contributed by atoms with Crippen molar-refractivity contribution in [2.45, 2.75) is 6.92 Å². The van der Waals surface area contributed by atoms with Crippen molar-refractivity contribution < 1.29 is 4.74 Å². The second-order valence-electron chi connectivity index (χ2n) is 2.43. The van der Waals surface area contributed by atoms with E-state index in [2.05, 4.69) is 6.58 Å². The number of para-hydroxylation sites is 1. The molecule has 0 aliphatic heterocycles. The van der Waals surface area contributed by atoms with Gasteiger partial charge in [0.25, 0.3) is 0 Å².